The van der Waals surface area contributed by atoms with Crippen LogP contribution in [-0.4, -0.2) is 15.9 Å². The number of fused-ring (bicyclic) bond motifs is 5. The molecule has 0 aliphatic carbocycles. The van der Waals surface area contributed by atoms with Crippen molar-refractivity contribution in [2.45, 2.75) is 13.8 Å². The standard InChI is InChI=1S/C21H12NS.C5H8O2.Ir/c1-2-8-14(9-3-1)20-21-19(15-10-4-6-12-17(15)22-20)16-11-5-7-13-18(16)23-21;1-4(6)3-5(2)7;/h1-8,10-13H;3,6H,1-2H3;/q-1;;/b;4-3-;. The van der Waals surface area contributed by atoms with E-state index in [9.17, 15) is 4.79 Å². The number of para-hydroxylation sites is 1. The summed E-state index contributed by atoms with van der Waals surface area (Å²) in [6.07, 6.45) is 1.17. The molecule has 5 heteroatoms. The third-order valence-corrected chi connectivity index (χ3v) is 5.77. The second-order valence-electron chi connectivity index (χ2n) is 6.95. The van der Waals surface area contributed by atoms with Crippen LogP contribution in [-0.2, 0) is 24.9 Å². The molecule has 31 heavy (non-hydrogen) atoms. The summed E-state index contributed by atoms with van der Waals surface area (Å²) in [5, 5.41) is 12.2. The Kier molecular flexibility index (Phi) is 7.34. The normalized spacial score (nSPS) is 11.1. The molecule has 2 heterocycles. The van der Waals surface area contributed by atoms with Gasteiger partial charge < -0.3 is 5.11 Å². The predicted octanol–water partition coefficient (Wildman–Crippen LogP) is 7.10. The van der Waals surface area contributed by atoms with Crippen LogP contribution in [0.15, 0.2) is 84.6 Å². The summed E-state index contributed by atoms with van der Waals surface area (Å²) in [6.45, 7) is 2.85. The van der Waals surface area contributed by atoms with Gasteiger partial charge in [0.1, 0.15) is 0 Å². The maximum Gasteiger partial charge on any atom is 0.155 e. The molecule has 0 amide bonds. The molecule has 0 fully saturated rings. The number of benzene rings is 3. The quantitative estimate of drug-likeness (QED) is 0.133. The molecular weight excluding hydrogens is 583 g/mol. The average molecular weight is 603 g/mol. The Morgan fingerprint density at radius 2 is 1.65 bits per heavy atom. The van der Waals surface area contributed by atoms with Gasteiger partial charge in [0.05, 0.1) is 11.3 Å². The van der Waals surface area contributed by atoms with Crippen LogP contribution in [0, 0.1) is 6.07 Å². The number of aliphatic hydroxyl groups is 1. The molecule has 2 aromatic heterocycles. The topological polar surface area (TPSA) is 50.2 Å². The van der Waals surface area contributed by atoms with Gasteiger partial charge in [-0.05, 0) is 26.0 Å². The Bertz CT molecular complexity index is 1390. The first-order valence-electron chi connectivity index (χ1n) is 9.59. The molecule has 0 atom stereocenters. The largest absolute Gasteiger partial charge is 0.512 e. The predicted molar refractivity (Wildman–Crippen MR) is 126 cm³/mol. The first-order valence-corrected chi connectivity index (χ1v) is 10.4. The monoisotopic (exact) mass is 603 g/mol. The van der Waals surface area contributed by atoms with Crippen molar-refractivity contribution >= 4 is 48.2 Å². The Morgan fingerprint density at radius 1 is 0.968 bits per heavy atom. The first-order chi connectivity index (χ1) is 14.5. The number of nitrogens with zero attached hydrogens (tertiary/aromatic N) is 1. The van der Waals surface area contributed by atoms with Crippen LogP contribution in [0.4, 0.5) is 0 Å². The van der Waals surface area contributed by atoms with Crippen LogP contribution < -0.4 is 0 Å². The molecule has 157 valence electrons. The molecule has 0 saturated carbocycles. The Morgan fingerprint density at radius 3 is 2.29 bits per heavy atom. The van der Waals surface area contributed by atoms with E-state index in [-0.39, 0.29) is 31.6 Å². The van der Waals surface area contributed by atoms with Crippen molar-refractivity contribution in [3.63, 3.8) is 0 Å². The Hall–Kier alpha value is -2.85. The summed E-state index contributed by atoms with van der Waals surface area (Å²) in [4.78, 5) is 15.0. The zero-order valence-corrected chi connectivity index (χ0v) is 20.3. The minimum absolute atomic E-state index is 0. The fraction of sp³-hybridized carbons (Fsp3) is 0.0769. The molecular formula is C26H20IrNO2S-. The van der Waals surface area contributed by atoms with Crippen molar-refractivity contribution in [1.29, 1.82) is 0 Å². The van der Waals surface area contributed by atoms with E-state index in [1.807, 2.05) is 35.6 Å². The molecule has 5 rings (SSSR count). The number of ketones is 1. The number of hydrogen-bond acceptors (Lipinski definition) is 4. The Balaban J connectivity index is 0.000000299. The van der Waals surface area contributed by atoms with E-state index in [1.165, 1.54) is 45.5 Å². The third-order valence-electron chi connectivity index (χ3n) is 4.59. The van der Waals surface area contributed by atoms with E-state index < -0.39 is 0 Å². The van der Waals surface area contributed by atoms with Crippen molar-refractivity contribution in [2.24, 2.45) is 0 Å². The van der Waals surface area contributed by atoms with Gasteiger partial charge in [-0.3, -0.25) is 9.78 Å². The number of rotatable bonds is 2. The first kappa shape index (κ1) is 22.8. The molecule has 0 saturated heterocycles. The van der Waals surface area contributed by atoms with Crippen LogP contribution in [0.3, 0.4) is 0 Å². The molecule has 3 aromatic carbocycles. The second kappa shape index (κ2) is 9.97. The Labute approximate surface area is 198 Å². The summed E-state index contributed by atoms with van der Waals surface area (Å²) in [5.74, 6) is -0.0625. The van der Waals surface area contributed by atoms with Crippen LogP contribution in [0.1, 0.15) is 13.8 Å². The third kappa shape index (κ3) is 4.91. The molecule has 0 unspecified atom stereocenters. The van der Waals surface area contributed by atoms with Gasteiger partial charge in [0.15, 0.2) is 5.78 Å². The number of carbonyl (C=O) groups is 1. The molecule has 1 N–H and O–H groups in total. The van der Waals surface area contributed by atoms with Gasteiger partial charge >= 0.3 is 0 Å². The van der Waals surface area contributed by atoms with Crippen LogP contribution in [0.5, 0.6) is 0 Å². The van der Waals surface area contributed by atoms with Gasteiger partial charge in [0, 0.05) is 57.4 Å². The molecule has 3 nitrogen and oxygen atoms in total. The van der Waals surface area contributed by atoms with Gasteiger partial charge in [-0.15, -0.1) is 47.2 Å². The van der Waals surface area contributed by atoms with Gasteiger partial charge in [0.2, 0.25) is 0 Å². The zero-order chi connectivity index (χ0) is 21.1. The molecule has 1 radical (unpaired) electrons. The van der Waals surface area contributed by atoms with Crippen LogP contribution >= 0.6 is 11.3 Å². The molecule has 0 spiro atoms. The van der Waals surface area contributed by atoms with Crippen molar-refractivity contribution in [3.8, 4) is 11.3 Å². The number of pyridine rings is 1. The summed E-state index contributed by atoms with van der Waals surface area (Å²) >= 11 is 1.82. The summed E-state index contributed by atoms with van der Waals surface area (Å²) in [6, 6.07) is 28.4. The number of allylic oxidation sites excluding steroid dienone is 2. The summed E-state index contributed by atoms with van der Waals surface area (Å²) in [7, 11) is 0. The van der Waals surface area contributed by atoms with Gasteiger partial charge in [0.25, 0.3) is 0 Å². The van der Waals surface area contributed by atoms with Crippen LogP contribution in [0.2, 0.25) is 0 Å². The molecule has 5 aromatic rings. The van der Waals surface area contributed by atoms with E-state index in [0.717, 1.165) is 16.8 Å². The number of aromatic nitrogens is 1. The SMILES string of the molecule is CC(=O)/C=C(/C)O.[Ir].[c-]1ccccc1-c1nc2ccccc2c2c1sc1ccccc12. The minimum Gasteiger partial charge on any atom is -0.512 e. The number of carbonyl (C=O) groups excluding carboxylic acids is 1. The van der Waals surface area contributed by atoms with E-state index in [0.29, 0.717) is 0 Å². The average Bonchev–Trinajstić information content (AvgIpc) is 3.13. The maximum absolute atomic E-state index is 10.0. The summed E-state index contributed by atoms with van der Waals surface area (Å²) < 4.78 is 2.55. The number of aliphatic hydroxyl groups excluding tert-OH is 1. The second-order valence-corrected chi connectivity index (χ2v) is 8.00. The van der Waals surface area contributed by atoms with Gasteiger partial charge in [-0.2, -0.15) is 0 Å². The van der Waals surface area contributed by atoms with Gasteiger partial charge in [-0.25, -0.2) is 0 Å². The van der Waals surface area contributed by atoms with E-state index in [2.05, 4.69) is 54.6 Å². The summed E-state index contributed by atoms with van der Waals surface area (Å²) in [5.41, 5.74) is 3.12. The number of hydrogen-bond donors (Lipinski definition) is 1. The maximum atomic E-state index is 10.0. The van der Waals surface area contributed by atoms with Crippen molar-refractivity contribution in [2.75, 3.05) is 0 Å². The smallest absolute Gasteiger partial charge is 0.155 e. The fourth-order valence-corrected chi connectivity index (χ4v) is 4.67. The van der Waals surface area contributed by atoms with Crippen molar-refractivity contribution in [3.05, 3.63) is 90.7 Å². The van der Waals surface area contributed by atoms with Crippen LogP contribution in [0.25, 0.3) is 42.3 Å². The minimum atomic E-state index is -0.125. The number of thiophene rings is 1. The zero-order valence-electron chi connectivity index (χ0n) is 17.0. The fourth-order valence-electron chi connectivity index (χ4n) is 3.45. The van der Waals surface area contributed by atoms with E-state index in [4.69, 9.17) is 10.1 Å². The molecule has 0 aliphatic heterocycles. The van der Waals surface area contributed by atoms with Gasteiger partial charge in [-0.1, -0.05) is 36.4 Å². The molecule has 0 aliphatic rings. The molecule has 0 bridgehead atoms. The van der Waals surface area contributed by atoms with E-state index in [1.54, 1.807) is 0 Å². The van der Waals surface area contributed by atoms with Crippen molar-refractivity contribution < 1.29 is 30.0 Å². The van der Waals surface area contributed by atoms with E-state index >= 15 is 0 Å². The van der Waals surface area contributed by atoms with Crippen molar-refractivity contribution in [1.82, 2.24) is 4.98 Å².